The Balaban J connectivity index is 1.86. The van der Waals surface area contributed by atoms with Crippen molar-refractivity contribution < 1.29 is 19.4 Å². The molecule has 1 saturated carbocycles. The van der Waals surface area contributed by atoms with Crippen LogP contribution in [0.15, 0.2) is 0 Å². The third-order valence-electron chi connectivity index (χ3n) is 2.27. The van der Waals surface area contributed by atoms with E-state index < -0.39 is 12.6 Å². The summed E-state index contributed by atoms with van der Waals surface area (Å²) in [5.74, 6) is -0.422. The first-order valence-corrected chi connectivity index (χ1v) is 5.24. The average Bonchev–Trinajstić information content (AvgIpc) is 2.95. The van der Waals surface area contributed by atoms with Gasteiger partial charge in [0.2, 0.25) is 5.91 Å². The number of hydrogen-bond donors (Lipinski definition) is 2. The number of hydrogen-bond acceptors (Lipinski definition) is 3. The molecule has 1 fully saturated rings. The third-order valence-corrected chi connectivity index (χ3v) is 2.27. The van der Waals surface area contributed by atoms with Crippen LogP contribution in [0.25, 0.3) is 0 Å². The summed E-state index contributed by atoms with van der Waals surface area (Å²) in [5, 5.41) is 10.9. The van der Waals surface area contributed by atoms with E-state index in [1.54, 1.807) is 0 Å². The van der Waals surface area contributed by atoms with Gasteiger partial charge in [0.1, 0.15) is 13.2 Å². The lowest BCUT2D eigenvalue weighted by molar-refractivity contribution is -0.143. The first-order valence-electron chi connectivity index (χ1n) is 5.24. The number of amides is 1. The second-order valence-corrected chi connectivity index (χ2v) is 3.82. The molecular formula is C10H17NO4. The maximum absolute atomic E-state index is 11.1. The number of rotatable bonds is 8. The molecule has 1 amide bonds. The van der Waals surface area contributed by atoms with Crippen LogP contribution in [-0.4, -0.2) is 36.7 Å². The van der Waals surface area contributed by atoms with E-state index in [0.29, 0.717) is 6.54 Å². The lowest BCUT2D eigenvalue weighted by Gasteiger charge is -2.04. The number of nitrogens with one attached hydrogen (secondary N) is 1. The Morgan fingerprint density at radius 2 is 2.07 bits per heavy atom. The second-order valence-electron chi connectivity index (χ2n) is 3.82. The SMILES string of the molecule is O=C(O)COCC(=O)NCCCC1CC1. The third kappa shape index (κ3) is 6.90. The van der Waals surface area contributed by atoms with Gasteiger partial charge in [-0.05, 0) is 18.8 Å². The van der Waals surface area contributed by atoms with Gasteiger partial charge >= 0.3 is 5.97 Å². The molecule has 0 spiro atoms. The number of aliphatic carboxylic acids is 1. The molecule has 2 N–H and O–H groups in total. The molecule has 0 unspecified atom stereocenters. The zero-order valence-corrected chi connectivity index (χ0v) is 8.70. The highest BCUT2D eigenvalue weighted by Gasteiger charge is 2.20. The Kier molecular flexibility index (Phi) is 5.10. The van der Waals surface area contributed by atoms with Crippen LogP contribution >= 0.6 is 0 Å². The number of carbonyl (C=O) groups is 2. The van der Waals surface area contributed by atoms with Crippen LogP contribution in [0, 0.1) is 5.92 Å². The van der Waals surface area contributed by atoms with Gasteiger partial charge in [0.25, 0.3) is 0 Å². The Labute approximate surface area is 88.8 Å². The number of carboxylic acid groups (broad SMARTS) is 1. The van der Waals surface area contributed by atoms with E-state index in [2.05, 4.69) is 10.1 Å². The lowest BCUT2D eigenvalue weighted by atomic mass is 10.2. The summed E-state index contributed by atoms with van der Waals surface area (Å²) >= 11 is 0. The Bertz CT molecular complexity index is 225. The number of carboxylic acids is 1. The summed E-state index contributed by atoms with van der Waals surface area (Å²) in [6.07, 6.45) is 4.83. The van der Waals surface area contributed by atoms with Gasteiger partial charge in [-0.15, -0.1) is 0 Å². The van der Waals surface area contributed by atoms with E-state index in [0.717, 1.165) is 12.3 Å². The van der Waals surface area contributed by atoms with E-state index in [4.69, 9.17) is 5.11 Å². The zero-order chi connectivity index (χ0) is 11.1. The second kappa shape index (κ2) is 6.40. The van der Waals surface area contributed by atoms with Crippen molar-refractivity contribution in [3.05, 3.63) is 0 Å². The first kappa shape index (κ1) is 12.0. The van der Waals surface area contributed by atoms with E-state index >= 15 is 0 Å². The Hall–Kier alpha value is -1.10. The molecule has 0 saturated heterocycles. The van der Waals surface area contributed by atoms with Gasteiger partial charge in [0.05, 0.1) is 0 Å². The molecule has 1 rings (SSSR count). The van der Waals surface area contributed by atoms with Crippen LogP contribution in [0.3, 0.4) is 0 Å². The molecule has 0 atom stereocenters. The van der Waals surface area contributed by atoms with Gasteiger partial charge in [-0.25, -0.2) is 4.79 Å². The number of ether oxygens (including phenoxy) is 1. The molecule has 0 bridgehead atoms. The van der Waals surface area contributed by atoms with Crippen molar-refractivity contribution in [2.75, 3.05) is 19.8 Å². The molecule has 1 aliphatic rings. The van der Waals surface area contributed by atoms with Crippen molar-refractivity contribution in [3.8, 4) is 0 Å². The summed E-state index contributed by atoms with van der Waals surface area (Å²) in [6.45, 7) is 0.0665. The maximum Gasteiger partial charge on any atom is 0.329 e. The molecule has 0 aromatic carbocycles. The molecule has 0 heterocycles. The molecule has 1 aliphatic carbocycles. The molecular weight excluding hydrogens is 198 g/mol. The lowest BCUT2D eigenvalue weighted by Crippen LogP contribution is -2.29. The van der Waals surface area contributed by atoms with Crippen LogP contribution < -0.4 is 5.32 Å². The van der Waals surface area contributed by atoms with Gasteiger partial charge in [-0.1, -0.05) is 12.8 Å². The Morgan fingerprint density at radius 1 is 1.33 bits per heavy atom. The predicted octanol–water partition coefficient (Wildman–Crippen LogP) is 0.394. The molecule has 15 heavy (non-hydrogen) atoms. The van der Waals surface area contributed by atoms with Crippen molar-refractivity contribution in [1.82, 2.24) is 5.32 Å². The molecule has 0 aromatic rings. The predicted molar refractivity (Wildman–Crippen MR) is 53.4 cm³/mol. The Morgan fingerprint density at radius 3 is 2.67 bits per heavy atom. The van der Waals surface area contributed by atoms with Crippen LogP contribution in [0.4, 0.5) is 0 Å². The molecule has 0 aliphatic heterocycles. The highest BCUT2D eigenvalue weighted by Crippen LogP contribution is 2.33. The van der Waals surface area contributed by atoms with Crippen molar-refractivity contribution >= 4 is 11.9 Å². The van der Waals surface area contributed by atoms with Crippen molar-refractivity contribution in [2.24, 2.45) is 5.92 Å². The van der Waals surface area contributed by atoms with E-state index in [9.17, 15) is 9.59 Å². The fourth-order valence-electron chi connectivity index (χ4n) is 1.31. The minimum atomic E-state index is -1.06. The smallest absolute Gasteiger partial charge is 0.329 e. The van der Waals surface area contributed by atoms with Gasteiger partial charge < -0.3 is 15.2 Å². The van der Waals surface area contributed by atoms with Gasteiger partial charge in [0.15, 0.2) is 0 Å². The highest BCUT2D eigenvalue weighted by molar-refractivity contribution is 5.77. The summed E-state index contributed by atoms with van der Waals surface area (Å²) in [6, 6.07) is 0. The molecule has 5 heteroatoms. The van der Waals surface area contributed by atoms with Crippen LogP contribution in [0.1, 0.15) is 25.7 Å². The highest BCUT2D eigenvalue weighted by atomic mass is 16.5. The summed E-state index contributed by atoms with van der Waals surface area (Å²) in [5.41, 5.74) is 0. The monoisotopic (exact) mass is 215 g/mol. The van der Waals surface area contributed by atoms with Crippen LogP contribution in [-0.2, 0) is 14.3 Å². The van der Waals surface area contributed by atoms with E-state index in [-0.39, 0.29) is 12.5 Å². The first-order chi connectivity index (χ1) is 7.18. The largest absolute Gasteiger partial charge is 0.480 e. The van der Waals surface area contributed by atoms with Gasteiger partial charge in [0, 0.05) is 6.54 Å². The maximum atomic E-state index is 11.1. The van der Waals surface area contributed by atoms with Crippen LogP contribution in [0.2, 0.25) is 0 Å². The standard InChI is InChI=1S/C10H17NO4/c12-9(6-15-7-10(13)14)11-5-1-2-8-3-4-8/h8H,1-7H2,(H,11,12)(H,13,14). The minimum Gasteiger partial charge on any atom is -0.480 e. The van der Waals surface area contributed by atoms with Crippen molar-refractivity contribution in [3.63, 3.8) is 0 Å². The summed E-state index contributed by atoms with van der Waals surface area (Å²) in [4.78, 5) is 21.1. The fourth-order valence-corrected chi connectivity index (χ4v) is 1.31. The van der Waals surface area contributed by atoms with E-state index in [1.165, 1.54) is 19.3 Å². The molecule has 0 radical (unpaired) electrons. The average molecular weight is 215 g/mol. The summed E-state index contributed by atoms with van der Waals surface area (Å²) < 4.78 is 4.64. The summed E-state index contributed by atoms with van der Waals surface area (Å²) in [7, 11) is 0. The van der Waals surface area contributed by atoms with Crippen molar-refractivity contribution in [1.29, 1.82) is 0 Å². The quantitative estimate of drug-likeness (QED) is 0.574. The molecule has 86 valence electrons. The zero-order valence-electron chi connectivity index (χ0n) is 8.70. The molecule has 5 nitrogen and oxygen atoms in total. The van der Waals surface area contributed by atoms with Crippen LogP contribution in [0.5, 0.6) is 0 Å². The van der Waals surface area contributed by atoms with Gasteiger partial charge in [-0.2, -0.15) is 0 Å². The topological polar surface area (TPSA) is 75.6 Å². The van der Waals surface area contributed by atoms with Gasteiger partial charge in [-0.3, -0.25) is 4.79 Å². The normalized spacial score (nSPS) is 14.9. The minimum absolute atomic E-state index is 0.171. The van der Waals surface area contributed by atoms with Crippen molar-refractivity contribution in [2.45, 2.75) is 25.7 Å². The molecule has 0 aromatic heterocycles. The number of carbonyl (C=O) groups excluding carboxylic acids is 1. The fraction of sp³-hybridized carbons (Fsp3) is 0.800. The van der Waals surface area contributed by atoms with E-state index in [1.807, 2.05) is 0 Å².